The second-order valence-corrected chi connectivity index (χ2v) is 4.00. The summed E-state index contributed by atoms with van der Waals surface area (Å²) in [6.07, 6.45) is 1.85. The fourth-order valence-corrected chi connectivity index (χ4v) is 1.36. The minimum Gasteiger partial charge on any atom is -0.380 e. The fraction of sp³-hybridized carbons (Fsp3) is 0.583. The number of ether oxygens (including phenoxy) is 1. The molecule has 1 rings (SSSR count). The van der Waals surface area contributed by atoms with E-state index in [4.69, 9.17) is 4.74 Å². The topological polar surface area (TPSA) is 37.4 Å². The van der Waals surface area contributed by atoms with E-state index in [0.29, 0.717) is 12.6 Å². The van der Waals surface area contributed by atoms with Crippen molar-refractivity contribution >= 4 is 11.5 Å². The normalized spacial score (nSPS) is 12.2. The number of anilines is 2. The Hall–Kier alpha value is -1.29. The van der Waals surface area contributed by atoms with E-state index < -0.39 is 0 Å². The van der Waals surface area contributed by atoms with Gasteiger partial charge in [-0.2, -0.15) is 0 Å². The molecule has 1 atom stereocenters. The van der Waals surface area contributed by atoms with Crippen molar-refractivity contribution in [2.24, 2.45) is 0 Å². The van der Waals surface area contributed by atoms with Gasteiger partial charge >= 0.3 is 0 Å². The van der Waals surface area contributed by atoms with Gasteiger partial charge in [-0.1, -0.05) is 0 Å². The van der Waals surface area contributed by atoms with Crippen molar-refractivity contribution in [2.75, 3.05) is 37.5 Å². The Morgan fingerprint density at radius 1 is 1.44 bits per heavy atom. The molecule has 0 aliphatic rings. The number of aromatic nitrogens is 1. The molecule has 0 radical (unpaired) electrons. The molecular formula is C12H21N3O. The molecule has 0 bridgehead atoms. The number of hydrogen-bond acceptors (Lipinski definition) is 4. The van der Waals surface area contributed by atoms with Gasteiger partial charge < -0.3 is 15.0 Å². The van der Waals surface area contributed by atoms with E-state index in [1.807, 2.05) is 44.2 Å². The molecule has 16 heavy (non-hydrogen) atoms. The average Bonchev–Trinajstić information content (AvgIpc) is 2.27. The smallest absolute Gasteiger partial charge is 0.128 e. The molecule has 1 aromatic heterocycles. The highest BCUT2D eigenvalue weighted by atomic mass is 16.5. The lowest BCUT2D eigenvalue weighted by Gasteiger charge is -2.16. The lowest BCUT2D eigenvalue weighted by Crippen LogP contribution is -2.21. The van der Waals surface area contributed by atoms with Crippen LogP contribution >= 0.6 is 0 Å². The molecule has 0 saturated heterocycles. The predicted octanol–water partition coefficient (Wildman–Crippen LogP) is 1.98. The minimum absolute atomic E-state index is 0.298. The number of rotatable bonds is 6. The summed E-state index contributed by atoms with van der Waals surface area (Å²) >= 11 is 0. The predicted molar refractivity (Wildman–Crippen MR) is 68.1 cm³/mol. The maximum absolute atomic E-state index is 5.34. The van der Waals surface area contributed by atoms with Gasteiger partial charge in [0.05, 0.1) is 18.5 Å². The molecule has 4 heteroatoms. The lowest BCUT2D eigenvalue weighted by molar-refractivity contribution is 0.141. The Labute approximate surface area is 97.6 Å². The second-order valence-electron chi connectivity index (χ2n) is 4.00. The van der Waals surface area contributed by atoms with Gasteiger partial charge in [0, 0.05) is 26.7 Å². The molecule has 0 aromatic carbocycles. The molecule has 4 nitrogen and oxygen atoms in total. The largest absolute Gasteiger partial charge is 0.380 e. The Kier molecular flexibility index (Phi) is 5.05. The number of pyridine rings is 1. The third kappa shape index (κ3) is 4.06. The van der Waals surface area contributed by atoms with Crippen LogP contribution < -0.4 is 10.2 Å². The third-order valence-electron chi connectivity index (χ3n) is 2.19. The fourth-order valence-electron chi connectivity index (χ4n) is 1.36. The van der Waals surface area contributed by atoms with Crippen LogP contribution in [0.15, 0.2) is 18.3 Å². The van der Waals surface area contributed by atoms with Crippen molar-refractivity contribution in [3.05, 3.63) is 18.3 Å². The summed E-state index contributed by atoms with van der Waals surface area (Å²) in [6.45, 7) is 5.56. The van der Waals surface area contributed by atoms with Crippen LogP contribution in [0.3, 0.4) is 0 Å². The van der Waals surface area contributed by atoms with Crippen LogP contribution in [0.5, 0.6) is 0 Å². The molecule has 1 N–H and O–H groups in total. The maximum Gasteiger partial charge on any atom is 0.128 e. The molecule has 0 aliphatic carbocycles. The third-order valence-corrected chi connectivity index (χ3v) is 2.19. The highest BCUT2D eigenvalue weighted by molar-refractivity contribution is 5.48. The first-order valence-corrected chi connectivity index (χ1v) is 5.61. The molecule has 0 spiro atoms. The van der Waals surface area contributed by atoms with Gasteiger partial charge in [0.15, 0.2) is 0 Å². The van der Waals surface area contributed by atoms with E-state index in [0.717, 1.165) is 18.1 Å². The first-order chi connectivity index (χ1) is 7.63. The van der Waals surface area contributed by atoms with Crippen LogP contribution in [0.1, 0.15) is 13.8 Å². The van der Waals surface area contributed by atoms with Gasteiger partial charge in [0.1, 0.15) is 5.82 Å². The SMILES string of the molecule is CCOCC(C)Nc1ccc(N(C)C)nc1. The second kappa shape index (κ2) is 6.33. The molecule has 0 amide bonds. The van der Waals surface area contributed by atoms with Gasteiger partial charge in [0.2, 0.25) is 0 Å². The Balaban J connectivity index is 2.48. The molecule has 90 valence electrons. The first kappa shape index (κ1) is 12.8. The van der Waals surface area contributed by atoms with Crippen LogP contribution in [0.25, 0.3) is 0 Å². The number of nitrogens with zero attached hydrogens (tertiary/aromatic N) is 2. The standard InChI is InChI=1S/C12H21N3O/c1-5-16-9-10(2)14-11-6-7-12(13-8-11)15(3)4/h6-8,10,14H,5,9H2,1-4H3. The van der Waals surface area contributed by atoms with Crippen molar-refractivity contribution in [1.82, 2.24) is 4.98 Å². The van der Waals surface area contributed by atoms with Crippen molar-refractivity contribution < 1.29 is 4.74 Å². The summed E-state index contributed by atoms with van der Waals surface area (Å²) in [5, 5.41) is 3.34. The van der Waals surface area contributed by atoms with Gasteiger partial charge in [0.25, 0.3) is 0 Å². The van der Waals surface area contributed by atoms with Crippen LogP contribution in [0.4, 0.5) is 11.5 Å². The van der Waals surface area contributed by atoms with Crippen molar-refractivity contribution in [3.63, 3.8) is 0 Å². The van der Waals surface area contributed by atoms with Gasteiger partial charge in [-0.05, 0) is 26.0 Å². The Bertz CT molecular complexity index is 298. The van der Waals surface area contributed by atoms with Crippen LogP contribution in [0.2, 0.25) is 0 Å². The molecule has 0 saturated carbocycles. The summed E-state index contributed by atoms with van der Waals surface area (Å²) in [7, 11) is 3.96. The van der Waals surface area contributed by atoms with Crippen molar-refractivity contribution in [3.8, 4) is 0 Å². The van der Waals surface area contributed by atoms with Gasteiger partial charge in [-0.25, -0.2) is 4.98 Å². The van der Waals surface area contributed by atoms with E-state index in [2.05, 4.69) is 17.2 Å². The van der Waals surface area contributed by atoms with E-state index in [1.165, 1.54) is 0 Å². The summed E-state index contributed by atoms with van der Waals surface area (Å²) in [5.41, 5.74) is 1.03. The zero-order chi connectivity index (χ0) is 12.0. The zero-order valence-electron chi connectivity index (χ0n) is 10.5. The van der Waals surface area contributed by atoms with E-state index in [-0.39, 0.29) is 0 Å². The van der Waals surface area contributed by atoms with E-state index >= 15 is 0 Å². The summed E-state index contributed by atoms with van der Waals surface area (Å²) in [5.74, 6) is 0.961. The zero-order valence-corrected chi connectivity index (χ0v) is 10.5. The maximum atomic E-state index is 5.34. The Morgan fingerprint density at radius 2 is 2.19 bits per heavy atom. The van der Waals surface area contributed by atoms with E-state index in [9.17, 15) is 0 Å². The van der Waals surface area contributed by atoms with E-state index in [1.54, 1.807) is 0 Å². The van der Waals surface area contributed by atoms with Crippen LogP contribution in [-0.2, 0) is 4.74 Å². The van der Waals surface area contributed by atoms with Crippen LogP contribution in [-0.4, -0.2) is 38.3 Å². The average molecular weight is 223 g/mol. The number of hydrogen-bond donors (Lipinski definition) is 1. The van der Waals surface area contributed by atoms with Crippen molar-refractivity contribution in [2.45, 2.75) is 19.9 Å². The van der Waals surface area contributed by atoms with Gasteiger partial charge in [-0.3, -0.25) is 0 Å². The molecule has 0 fully saturated rings. The first-order valence-electron chi connectivity index (χ1n) is 5.61. The lowest BCUT2D eigenvalue weighted by atomic mass is 10.3. The molecular weight excluding hydrogens is 202 g/mol. The van der Waals surface area contributed by atoms with Crippen LogP contribution in [0, 0.1) is 0 Å². The van der Waals surface area contributed by atoms with Gasteiger partial charge in [-0.15, -0.1) is 0 Å². The Morgan fingerprint density at radius 3 is 2.69 bits per heavy atom. The number of nitrogens with one attached hydrogen (secondary N) is 1. The monoisotopic (exact) mass is 223 g/mol. The van der Waals surface area contributed by atoms with Crippen molar-refractivity contribution in [1.29, 1.82) is 0 Å². The quantitative estimate of drug-likeness (QED) is 0.800. The summed E-state index contributed by atoms with van der Waals surface area (Å²) in [6, 6.07) is 4.33. The molecule has 1 unspecified atom stereocenters. The molecule has 1 aromatic rings. The highest BCUT2D eigenvalue weighted by Crippen LogP contribution is 2.12. The highest BCUT2D eigenvalue weighted by Gasteiger charge is 2.02. The summed E-state index contributed by atoms with van der Waals surface area (Å²) < 4.78 is 5.34. The minimum atomic E-state index is 0.298. The molecule has 0 aliphatic heterocycles. The molecule has 1 heterocycles. The summed E-state index contributed by atoms with van der Waals surface area (Å²) in [4.78, 5) is 6.31.